The fraction of sp³-hybridized carbons (Fsp3) is 0.240. The first kappa shape index (κ1) is 21.9. The number of carbonyl (C=O) groups is 1. The number of nitrogens with one attached hydrogen (secondary N) is 1. The Morgan fingerprint density at radius 1 is 1.09 bits per heavy atom. The monoisotopic (exact) mass is 446 g/mol. The molecule has 0 bridgehead atoms. The summed E-state index contributed by atoms with van der Waals surface area (Å²) in [4.78, 5) is 12.8. The molecule has 164 valence electrons. The van der Waals surface area contributed by atoms with Crippen LogP contribution in [0.25, 0.3) is 17.3 Å². The summed E-state index contributed by atoms with van der Waals surface area (Å²) in [6, 6.07) is 19.7. The molecule has 1 unspecified atom stereocenters. The second-order valence-electron chi connectivity index (χ2n) is 7.69. The van der Waals surface area contributed by atoms with Crippen LogP contribution in [0.4, 0.5) is 5.69 Å². The van der Waals surface area contributed by atoms with Crippen LogP contribution in [0.15, 0.2) is 76.5 Å². The fourth-order valence-electron chi connectivity index (χ4n) is 3.43. The summed E-state index contributed by atoms with van der Waals surface area (Å²) >= 11 is 1.35. The molecule has 0 spiro atoms. The van der Waals surface area contributed by atoms with Crippen molar-refractivity contribution in [3.8, 4) is 17.3 Å². The van der Waals surface area contributed by atoms with Crippen LogP contribution in [0.2, 0.25) is 0 Å². The summed E-state index contributed by atoms with van der Waals surface area (Å²) in [5, 5.41) is 12.4. The van der Waals surface area contributed by atoms with Crippen molar-refractivity contribution in [1.29, 1.82) is 0 Å². The lowest BCUT2D eigenvalue weighted by molar-refractivity contribution is -0.113. The van der Waals surface area contributed by atoms with Gasteiger partial charge in [0.05, 0.1) is 12.0 Å². The number of hydrogen-bond acceptors (Lipinski definition) is 5. The maximum atomic E-state index is 12.8. The van der Waals surface area contributed by atoms with Crippen LogP contribution in [0.5, 0.6) is 0 Å². The van der Waals surface area contributed by atoms with Gasteiger partial charge in [0.1, 0.15) is 0 Å². The van der Waals surface area contributed by atoms with Crippen LogP contribution in [-0.4, -0.2) is 26.4 Å². The maximum absolute atomic E-state index is 12.8. The molecule has 0 radical (unpaired) electrons. The van der Waals surface area contributed by atoms with Crippen LogP contribution < -0.4 is 5.32 Å². The van der Waals surface area contributed by atoms with Crippen molar-refractivity contribution in [1.82, 2.24) is 14.8 Å². The van der Waals surface area contributed by atoms with Crippen LogP contribution in [0.3, 0.4) is 0 Å². The third-order valence-electron chi connectivity index (χ3n) is 5.38. The minimum absolute atomic E-state index is 0.0799. The second kappa shape index (κ2) is 9.87. The van der Waals surface area contributed by atoms with E-state index in [0.29, 0.717) is 22.7 Å². The van der Waals surface area contributed by atoms with Gasteiger partial charge in [-0.3, -0.25) is 9.36 Å². The van der Waals surface area contributed by atoms with Gasteiger partial charge in [-0.25, -0.2) is 0 Å². The Kier molecular flexibility index (Phi) is 6.75. The second-order valence-corrected chi connectivity index (χ2v) is 8.63. The Morgan fingerprint density at radius 2 is 1.88 bits per heavy atom. The molecule has 0 aliphatic carbocycles. The van der Waals surface area contributed by atoms with E-state index in [4.69, 9.17) is 4.42 Å². The highest BCUT2D eigenvalue weighted by atomic mass is 32.2. The average Bonchev–Trinajstić information content (AvgIpc) is 3.48. The minimum atomic E-state index is -0.0799. The molecule has 0 aliphatic heterocycles. The number of aryl methyl sites for hydroxylation is 1. The third kappa shape index (κ3) is 4.78. The first-order valence-corrected chi connectivity index (χ1v) is 11.6. The Bertz CT molecular complexity index is 1180. The van der Waals surface area contributed by atoms with E-state index >= 15 is 0 Å². The summed E-state index contributed by atoms with van der Waals surface area (Å²) in [6.45, 7) is 6.36. The molecule has 1 amide bonds. The molecule has 0 saturated carbocycles. The minimum Gasteiger partial charge on any atom is -0.461 e. The van der Waals surface area contributed by atoms with Gasteiger partial charge in [0, 0.05) is 11.4 Å². The smallest absolute Gasteiger partial charge is 0.234 e. The Labute approximate surface area is 192 Å². The number of thioether (sulfide) groups is 1. The average molecular weight is 447 g/mol. The number of carbonyl (C=O) groups excluding carboxylic acids is 1. The molecule has 7 heteroatoms. The molecule has 1 atom stereocenters. The van der Waals surface area contributed by atoms with Gasteiger partial charge >= 0.3 is 0 Å². The normalized spacial score (nSPS) is 12.0. The molecule has 6 nitrogen and oxygen atoms in total. The van der Waals surface area contributed by atoms with Crippen molar-refractivity contribution in [2.45, 2.75) is 38.3 Å². The van der Waals surface area contributed by atoms with E-state index in [0.717, 1.165) is 28.9 Å². The van der Waals surface area contributed by atoms with Gasteiger partial charge in [-0.15, -0.1) is 10.2 Å². The number of anilines is 1. The van der Waals surface area contributed by atoms with Gasteiger partial charge in [-0.1, -0.05) is 61.5 Å². The number of para-hydroxylation sites is 1. The summed E-state index contributed by atoms with van der Waals surface area (Å²) in [5.74, 6) is 1.74. The van der Waals surface area contributed by atoms with Crippen molar-refractivity contribution in [2.75, 3.05) is 11.1 Å². The quantitative estimate of drug-likeness (QED) is 0.332. The summed E-state index contributed by atoms with van der Waals surface area (Å²) < 4.78 is 7.48. The molecule has 0 fully saturated rings. The van der Waals surface area contributed by atoms with Crippen LogP contribution in [-0.2, 0) is 4.79 Å². The number of rotatable bonds is 8. The first-order chi connectivity index (χ1) is 15.6. The number of aromatic nitrogens is 3. The molecule has 1 N–H and O–H groups in total. The predicted octanol–water partition coefficient (Wildman–Crippen LogP) is 6.08. The zero-order valence-corrected chi connectivity index (χ0v) is 19.2. The van der Waals surface area contributed by atoms with Crippen LogP contribution >= 0.6 is 11.8 Å². The lowest BCUT2D eigenvalue weighted by atomic mass is 9.97. The molecule has 0 aliphatic rings. The van der Waals surface area contributed by atoms with E-state index in [-0.39, 0.29) is 11.7 Å². The van der Waals surface area contributed by atoms with E-state index in [2.05, 4.69) is 35.4 Å². The summed E-state index contributed by atoms with van der Waals surface area (Å²) in [7, 11) is 0. The molecule has 0 saturated heterocycles. The van der Waals surface area contributed by atoms with Gasteiger partial charge < -0.3 is 9.73 Å². The van der Waals surface area contributed by atoms with Gasteiger partial charge in [-0.2, -0.15) is 0 Å². The Hall–Kier alpha value is -3.32. The number of hydrogen-bond donors (Lipinski definition) is 1. The largest absolute Gasteiger partial charge is 0.461 e. The molecule has 2 aromatic heterocycles. The summed E-state index contributed by atoms with van der Waals surface area (Å²) in [5.41, 5.74) is 4.09. The van der Waals surface area contributed by atoms with Crippen LogP contribution in [0.1, 0.15) is 37.3 Å². The highest BCUT2D eigenvalue weighted by Gasteiger charge is 2.19. The van der Waals surface area contributed by atoms with Gasteiger partial charge in [0.25, 0.3) is 0 Å². The lowest BCUT2D eigenvalue weighted by Gasteiger charge is -2.15. The number of amides is 1. The van der Waals surface area contributed by atoms with Crippen molar-refractivity contribution in [3.05, 3.63) is 78.1 Å². The van der Waals surface area contributed by atoms with Crippen molar-refractivity contribution in [2.24, 2.45) is 0 Å². The molecule has 2 aromatic carbocycles. The van der Waals surface area contributed by atoms with E-state index < -0.39 is 0 Å². The zero-order valence-electron chi connectivity index (χ0n) is 18.4. The maximum Gasteiger partial charge on any atom is 0.234 e. The topological polar surface area (TPSA) is 73.0 Å². The first-order valence-electron chi connectivity index (χ1n) is 10.6. The van der Waals surface area contributed by atoms with E-state index in [1.807, 2.05) is 66.1 Å². The fourth-order valence-corrected chi connectivity index (χ4v) is 4.18. The van der Waals surface area contributed by atoms with Gasteiger partial charge in [0.15, 0.2) is 10.9 Å². The molecule has 32 heavy (non-hydrogen) atoms. The Morgan fingerprint density at radius 3 is 2.59 bits per heavy atom. The lowest BCUT2D eigenvalue weighted by Crippen LogP contribution is -2.16. The van der Waals surface area contributed by atoms with E-state index in [9.17, 15) is 4.79 Å². The zero-order chi connectivity index (χ0) is 22.5. The molecule has 4 aromatic rings. The molecule has 4 rings (SSSR count). The highest BCUT2D eigenvalue weighted by Crippen LogP contribution is 2.29. The van der Waals surface area contributed by atoms with Crippen molar-refractivity contribution in [3.63, 3.8) is 0 Å². The van der Waals surface area contributed by atoms with Gasteiger partial charge in [-0.05, 0) is 55.2 Å². The standard InChI is InChI=1S/C25H26N4O2S/c1-4-18(3)20-8-5-6-9-21(20)26-23(30)16-32-25-28-27-24(22-10-7-15-31-22)29(25)19-13-11-17(2)12-14-19/h5-15,18H,4,16H2,1-3H3,(H,26,30). The van der Waals surface area contributed by atoms with Gasteiger partial charge in [0.2, 0.25) is 11.7 Å². The molecule has 2 heterocycles. The summed E-state index contributed by atoms with van der Waals surface area (Å²) in [6.07, 6.45) is 2.62. The SMILES string of the molecule is CCC(C)c1ccccc1NC(=O)CSc1nnc(-c2ccco2)n1-c1ccc(C)cc1. The predicted molar refractivity (Wildman–Crippen MR) is 128 cm³/mol. The van der Waals surface area contributed by atoms with E-state index in [1.165, 1.54) is 11.8 Å². The number of benzene rings is 2. The van der Waals surface area contributed by atoms with Crippen LogP contribution in [0, 0.1) is 6.92 Å². The van der Waals surface area contributed by atoms with Crippen molar-refractivity contribution < 1.29 is 9.21 Å². The highest BCUT2D eigenvalue weighted by molar-refractivity contribution is 7.99. The molecular weight excluding hydrogens is 420 g/mol. The van der Waals surface area contributed by atoms with Crippen molar-refractivity contribution >= 4 is 23.4 Å². The number of nitrogens with zero attached hydrogens (tertiary/aromatic N) is 3. The number of furan rings is 1. The van der Waals surface area contributed by atoms with E-state index in [1.54, 1.807) is 6.26 Å². The molecular formula is C25H26N4O2S. The third-order valence-corrected chi connectivity index (χ3v) is 6.31. The Balaban J connectivity index is 1.55.